The molecule has 0 saturated carbocycles. The number of carbonyl (C=O) groups is 4. The molecule has 2 saturated heterocycles. The molecule has 62 heavy (non-hydrogen) atoms. The van der Waals surface area contributed by atoms with Crippen LogP contribution in [-0.2, 0) is 35.3 Å². The second-order valence-electron chi connectivity index (χ2n) is 16.2. The molecular formula is C54H52N4O4. The molecule has 6 aromatic rings. The number of hydrogen-bond acceptors (Lipinski definition) is 4. The quantitative estimate of drug-likeness (QED) is 0.107. The Kier molecular flexibility index (Phi) is 13.4. The second-order valence-corrected chi connectivity index (χ2v) is 16.2. The summed E-state index contributed by atoms with van der Waals surface area (Å²) in [5.41, 5.74) is 9.01. The van der Waals surface area contributed by atoms with Crippen LogP contribution in [-0.4, -0.2) is 58.6 Å². The van der Waals surface area contributed by atoms with E-state index in [4.69, 9.17) is 0 Å². The molecule has 0 spiro atoms. The summed E-state index contributed by atoms with van der Waals surface area (Å²) < 4.78 is 0. The molecule has 4 amide bonds. The molecule has 0 radical (unpaired) electrons. The number of hydrogen-bond donors (Lipinski definition) is 2. The minimum absolute atomic E-state index is 0.0955. The first kappa shape index (κ1) is 41.7. The summed E-state index contributed by atoms with van der Waals surface area (Å²) in [6.07, 6.45) is 9.95. The third-order valence-corrected chi connectivity index (χ3v) is 12.0. The van der Waals surface area contributed by atoms with Gasteiger partial charge in [-0.25, -0.2) is 0 Å². The maximum Gasteiger partial charge on any atom is 0.254 e. The highest BCUT2D eigenvalue weighted by molar-refractivity contribution is 6.03. The molecule has 0 aromatic heterocycles. The van der Waals surface area contributed by atoms with E-state index in [9.17, 15) is 19.2 Å². The molecule has 2 fully saturated rings. The van der Waals surface area contributed by atoms with E-state index >= 15 is 0 Å². The molecule has 8 nitrogen and oxygen atoms in total. The van der Waals surface area contributed by atoms with Crippen molar-refractivity contribution in [2.24, 2.45) is 0 Å². The van der Waals surface area contributed by atoms with Crippen molar-refractivity contribution in [2.45, 2.75) is 63.5 Å². The Morgan fingerprint density at radius 2 is 0.823 bits per heavy atom. The number of nitrogens with one attached hydrogen (secondary N) is 2. The lowest BCUT2D eigenvalue weighted by atomic mass is 9.98. The fraction of sp³-hybridized carbons (Fsp3) is 0.222. The van der Waals surface area contributed by atoms with Crippen molar-refractivity contribution in [3.63, 3.8) is 0 Å². The van der Waals surface area contributed by atoms with E-state index in [0.717, 1.165) is 60.8 Å². The van der Waals surface area contributed by atoms with Crippen molar-refractivity contribution >= 4 is 47.2 Å². The smallest absolute Gasteiger partial charge is 0.254 e. The van der Waals surface area contributed by atoms with Crippen LogP contribution in [0.4, 0.5) is 11.4 Å². The molecule has 6 aromatic carbocycles. The van der Waals surface area contributed by atoms with E-state index in [1.165, 1.54) is 11.1 Å². The van der Waals surface area contributed by atoms with E-state index in [1.54, 1.807) is 9.80 Å². The average molecular weight is 821 g/mol. The highest BCUT2D eigenvalue weighted by Gasteiger charge is 2.36. The number of anilines is 2. The van der Waals surface area contributed by atoms with Crippen molar-refractivity contribution in [3.8, 4) is 0 Å². The highest BCUT2D eigenvalue weighted by Crippen LogP contribution is 2.26. The molecular weight excluding hydrogens is 769 g/mol. The number of aryl methyl sites for hydroxylation is 4. The minimum atomic E-state index is -0.533. The summed E-state index contributed by atoms with van der Waals surface area (Å²) in [7, 11) is 0. The van der Waals surface area contributed by atoms with Gasteiger partial charge in [0.15, 0.2) is 0 Å². The van der Waals surface area contributed by atoms with Crippen LogP contribution in [0.1, 0.15) is 79.8 Å². The van der Waals surface area contributed by atoms with Crippen LogP contribution in [0.5, 0.6) is 0 Å². The topological polar surface area (TPSA) is 98.8 Å². The van der Waals surface area contributed by atoms with Gasteiger partial charge in [0.05, 0.1) is 0 Å². The van der Waals surface area contributed by atoms with Gasteiger partial charge >= 0.3 is 0 Å². The number of carbonyl (C=O) groups excluding carboxylic acids is 4. The van der Waals surface area contributed by atoms with Gasteiger partial charge in [-0.15, -0.1) is 0 Å². The van der Waals surface area contributed by atoms with Gasteiger partial charge in [-0.3, -0.25) is 19.2 Å². The molecule has 0 bridgehead atoms. The maximum absolute atomic E-state index is 13.8. The van der Waals surface area contributed by atoms with Gasteiger partial charge in [0.2, 0.25) is 11.8 Å². The van der Waals surface area contributed by atoms with Crippen molar-refractivity contribution in [1.82, 2.24) is 9.80 Å². The Morgan fingerprint density at radius 3 is 1.23 bits per heavy atom. The van der Waals surface area contributed by atoms with Gasteiger partial charge in [0.25, 0.3) is 11.8 Å². The number of nitrogens with zero attached hydrogens (tertiary/aromatic N) is 2. The van der Waals surface area contributed by atoms with Crippen LogP contribution in [0.2, 0.25) is 0 Å². The zero-order chi connectivity index (χ0) is 42.7. The van der Waals surface area contributed by atoms with E-state index in [0.29, 0.717) is 48.4 Å². The number of amides is 4. The Bertz CT molecular complexity index is 2340. The minimum Gasteiger partial charge on any atom is -0.327 e. The third kappa shape index (κ3) is 10.3. The van der Waals surface area contributed by atoms with E-state index < -0.39 is 12.1 Å². The fourth-order valence-corrected chi connectivity index (χ4v) is 8.61. The monoisotopic (exact) mass is 820 g/mol. The SMILES string of the molecule is O=C(Nc1ccc(C=Cc2ccc(NC(=O)[C@@H]3CCCN3C(=O)c3ccccc3CCc3ccccc3)cc2)cc1)[C@@H]1CCCN1C(=O)c1ccccc1CCc1ccccc1. The zero-order valence-corrected chi connectivity index (χ0v) is 34.9. The van der Waals surface area contributed by atoms with Gasteiger partial charge < -0.3 is 20.4 Å². The predicted molar refractivity (Wildman–Crippen MR) is 248 cm³/mol. The molecule has 0 aliphatic carbocycles. The van der Waals surface area contributed by atoms with Crippen LogP contribution in [0.25, 0.3) is 12.2 Å². The zero-order valence-electron chi connectivity index (χ0n) is 34.9. The Morgan fingerprint density at radius 1 is 0.452 bits per heavy atom. The van der Waals surface area contributed by atoms with Crippen molar-refractivity contribution in [3.05, 3.63) is 202 Å². The van der Waals surface area contributed by atoms with Gasteiger partial charge in [-0.05, 0) is 121 Å². The van der Waals surface area contributed by atoms with Gasteiger partial charge in [-0.1, -0.05) is 133 Å². The number of benzene rings is 6. The van der Waals surface area contributed by atoms with E-state index in [2.05, 4.69) is 34.9 Å². The lowest BCUT2D eigenvalue weighted by Gasteiger charge is -2.25. The summed E-state index contributed by atoms with van der Waals surface area (Å²) in [6, 6.07) is 50.2. The largest absolute Gasteiger partial charge is 0.327 e. The number of likely N-dealkylation sites (tertiary alicyclic amines) is 2. The molecule has 2 atom stereocenters. The van der Waals surface area contributed by atoms with Crippen LogP contribution < -0.4 is 10.6 Å². The maximum atomic E-state index is 13.8. The molecule has 2 aliphatic rings. The fourth-order valence-electron chi connectivity index (χ4n) is 8.61. The summed E-state index contributed by atoms with van der Waals surface area (Å²) in [4.78, 5) is 58.2. The first-order valence-corrected chi connectivity index (χ1v) is 21.8. The second kappa shape index (κ2) is 20.0. The van der Waals surface area contributed by atoms with Gasteiger partial charge in [0.1, 0.15) is 12.1 Å². The summed E-state index contributed by atoms with van der Waals surface area (Å²) in [5.74, 6) is -0.552. The third-order valence-electron chi connectivity index (χ3n) is 12.0. The van der Waals surface area contributed by atoms with E-state index in [-0.39, 0.29) is 23.6 Å². The number of rotatable bonds is 14. The lowest BCUT2D eigenvalue weighted by Crippen LogP contribution is -2.43. The van der Waals surface area contributed by atoms with Crippen LogP contribution in [0.15, 0.2) is 158 Å². The summed E-state index contributed by atoms with van der Waals surface area (Å²) in [5, 5.41) is 6.08. The first-order valence-electron chi connectivity index (χ1n) is 21.8. The van der Waals surface area contributed by atoms with Crippen LogP contribution in [0, 0.1) is 0 Å². The Balaban J connectivity index is 0.829. The molecule has 2 aliphatic heterocycles. The Labute approximate surface area is 364 Å². The first-order chi connectivity index (χ1) is 30.4. The lowest BCUT2D eigenvalue weighted by molar-refractivity contribution is -0.120. The van der Waals surface area contributed by atoms with Crippen molar-refractivity contribution in [2.75, 3.05) is 23.7 Å². The van der Waals surface area contributed by atoms with Crippen molar-refractivity contribution in [1.29, 1.82) is 0 Å². The van der Waals surface area contributed by atoms with Crippen LogP contribution in [0.3, 0.4) is 0 Å². The molecule has 0 unspecified atom stereocenters. The normalized spacial score (nSPS) is 16.1. The summed E-state index contributed by atoms with van der Waals surface area (Å²) >= 11 is 0. The predicted octanol–water partition coefficient (Wildman–Crippen LogP) is 9.91. The van der Waals surface area contributed by atoms with Crippen LogP contribution >= 0.6 is 0 Å². The molecule has 2 heterocycles. The molecule has 312 valence electrons. The standard InChI is InChI=1S/C54H52N4O4/c59-51(49-21-11-37-57(49)53(61)47-19-9-7-17-43(47)31-25-39-13-3-1-4-14-39)55-45-33-27-41(28-34-45)23-24-42-29-35-46(36-30-42)56-52(60)50-22-12-38-58(50)54(62)48-20-10-8-18-44(48)32-26-40-15-5-2-6-16-40/h1-10,13-20,23-24,27-30,33-36,49-50H,11-12,21-22,25-26,31-32,37-38H2,(H,55,59)(H,56,60)/t49-,50-/m0/s1. The molecule has 2 N–H and O–H groups in total. The van der Waals surface area contributed by atoms with E-state index in [1.807, 2.05) is 146 Å². The van der Waals surface area contributed by atoms with Gasteiger partial charge in [0, 0.05) is 35.6 Å². The molecule has 8 heteroatoms. The van der Waals surface area contributed by atoms with Gasteiger partial charge in [-0.2, -0.15) is 0 Å². The average Bonchev–Trinajstić information content (AvgIpc) is 4.03. The molecule has 8 rings (SSSR count). The van der Waals surface area contributed by atoms with Crippen molar-refractivity contribution < 1.29 is 19.2 Å². The Hall–Kier alpha value is -7.06. The highest BCUT2D eigenvalue weighted by atomic mass is 16.2. The summed E-state index contributed by atoms with van der Waals surface area (Å²) in [6.45, 7) is 1.10.